The number of nitrogens with zero attached hydrogens (tertiary/aromatic N) is 2. The minimum Gasteiger partial charge on any atom is -0.490 e. The first kappa shape index (κ1) is 20.6. The van der Waals surface area contributed by atoms with Crippen LogP contribution >= 0.6 is 11.3 Å². The van der Waals surface area contributed by atoms with Crippen LogP contribution in [0.15, 0.2) is 64.5 Å². The molecule has 7 nitrogen and oxygen atoms in total. The normalized spacial score (nSPS) is 10.6. The third-order valence-corrected chi connectivity index (χ3v) is 5.22. The molecule has 0 saturated heterocycles. The van der Waals surface area contributed by atoms with Gasteiger partial charge in [-0.3, -0.25) is 4.79 Å². The van der Waals surface area contributed by atoms with E-state index in [2.05, 4.69) is 15.3 Å². The van der Waals surface area contributed by atoms with Gasteiger partial charge in [-0.1, -0.05) is 24.3 Å². The van der Waals surface area contributed by atoms with Gasteiger partial charge >= 0.3 is 0 Å². The van der Waals surface area contributed by atoms with Gasteiger partial charge in [0.05, 0.1) is 11.5 Å². The van der Waals surface area contributed by atoms with Crippen molar-refractivity contribution in [3.8, 4) is 28.1 Å². The molecule has 0 bridgehead atoms. The Morgan fingerprint density at radius 1 is 1.13 bits per heavy atom. The minimum atomic E-state index is -0.296. The standard InChI is InChI=1S/C23H21N3O4S/c1-3-28-17-7-4-5-8-18(17)30-20-11-10-16(13-24-20)14-25-22(27)21-15(2)29-23(26-21)19-9-6-12-31-19/h4-13H,3,14H2,1-2H3,(H,25,27). The van der Waals surface area contributed by atoms with Gasteiger partial charge in [0.1, 0.15) is 5.76 Å². The van der Waals surface area contributed by atoms with E-state index in [0.717, 1.165) is 10.4 Å². The van der Waals surface area contributed by atoms with Crippen LogP contribution < -0.4 is 14.8 Å². The Bertz CT molecular complexity index is 1150. The number of amides is 1. The summed E-state index contributed by atoms with van der Waals surface area (Å²) in [6.45, 7) is 4.50. The van der Waals surface area contributed by atoms with Crippen LogP contribution in [0.1, 0.15) is 28.7 Å². The van der Waals surface area contributed by atoms with Crippen LogP contribution in [0, 0.1) is 6.92 Å². The quantitative estimate of drug-likeness (QED) is 0.408. The maximum Gasteiger partial charge on any atom is 0.273 e. The highest BCUT2D eigenvalue weighted by atomic mass is 32.1. The van der Waals surface area contributed by atoms with Crippen molar-refractivity contribution in [1.82, 2.24) is 15.3 Å². The fourth-order valence-electron chi connectivity index (χ4n) is 2.88. The molecule has 158 valence electrons. The van der Waals surface area contributed by atoms with E-state index in [1.807, 2.05) is 54.8 Å². The summed E-state index contributed by atoms with van der Waals surface area (Å²) in [7, 11) is 0. The average Bonchev–Trinajstić information content (AvgIpc) is 3.44. The van der Waals surface area contributed by atoms with Crippen molar-refractivity contribution < 1.29 is 18.7 Å². The second kappa shape index (κ2) is 9.44. The van der Waals surface area contributed by atoms with Crippen molar-refractivity contribution in [3.05, 3.63) is 77.1 Å². The summed E-state index contributed by atoms with van der Waals surface area (Å²) < 4.78 is 17.0. The number of oxazole rings is 1. The largest absolute Gasteiger partial charge is 0.490 e. The zero-order chi connectivity index (χ0) is 21.6. The molecule has 4 rings (SSSR count). The van der Waals surface area contributed by atoms with Crippen molar-refractivity contribution in [2.45, 2.75) is 20.4 Å². The number of carbonyl (C=O) groups excluding carboxylic acids is 1. The first-order chi connectivity index (χ1) is 15.1. The number of para-hydroxylation sites is 2. The topological polar surface area (TPSA) is 86.5 Å². The number of thiophene rings is 1. The lowest BCUT2D eigenvalue weighted by molar-refractivity contribution is 0.0945. The van der Waals surface area contributed by atoms with Crippen molar-refractivity contribution in [3.63, 3.8) is 0 Å². The second-order valence-corrected chi connectivity index (χ2v) is 7.52. The molecule has 1 N–H and O–H groups in total. The highest BCUT2D eigenvalue weighted by Crippen LogP contribution is 2.30. The fourth-order valence-corrected chi connectivity index (χ4v) is 3.53. The fraction of sp³-hybridized carbons (Fsp3) is 0.174. The van der Waals surface area contributed by atoms with Gasteiger partial charge in [0.25, 0.3) is 5.91 Å². The molecule has 3 heterocycles. The van der Waals surface area contributed by atoms with Crippen LogP contribution in [0.25, 0.3) is 10.8 Å². The predicted molar refractivity (Wildman–Crippen MR) is 118 cm³/mol. The molecule has 1 aromatic carbocycles. The Kier molecular flexibility index (Phi) is 6.28. The van der Waals surface area contributed by atoms with Crippen LogP contribution in [-0.2, 0) is 6.54 Å². The van der Waals surface area contributed by atoms with E-state index in [1.165, 1.54) is 11.3 Å². The molecule has 3 aromatic heterocycles. The molecule has 0 fully saturated rings. The van der Waals surface area contributed by atoms with E-state index in [9.17, 15) is 4.79 Å². The monoisotopic (exact) mass is 435 g/mol. The van der Waals surface area contributed by atoms with Gasteiger partial charge in [-0.05, 0) is 43.0 Å². The zero-order valence-electron chi connectivity index (χ0n) is 17.1. The molecule has 0 atom stereocenters. The van der Waals surface area contributed by atoms with Crippen molar-refractivity contribution >= 4 is 17.2 Å². The first-order valence-corrected chi connectivity index (χ1v) is 10.7. The van der Waals surface area contributed by atoms with Gasteiger partial charge in [0.15, 0.2) is 17.2 Å². The van der Waals surface area contributed by atoms with Crippen LogP contribution in [0.3, 0.4) is 0 Å². The summed E-state index contributed by atoms with van der Waals surface area (Å²) in [6, 6.07) is 14.8. The molecule has 0 saturated carbocycles. The number of rotatable bonds is 8. The lowest BCUT2D eigenvalue weighted by Gasteiger charge is -2.11. The molecule has 0 radical (unpaired) electrons. The maximum absolute atomic E-state index is 12.5. The summed E-state index contributed by atoms with van der Waals surface area (Å²) in [5.74, 6) is 2.34. The number of hydrogen-bond acceptors (Lipinski definition) is 7. The van der Waals surface area contributed by atoms with E-state index < -0.39 is 0 Å². The number of nitrogens with one attached hydrogen (secondary N) is 1. The Balaban J connectivity index is 1.37. The third kappa shape index (κ3) is 4.92. The van der Waals surface area contributed by atoms with E-state index in [1.54, 1.807) is 19.2 Å². The Hall–Kier alpha value is -3.65. The van der Waals surface area contributed by atoms with E-state index >= 15 is 0 Å². The van der Waals surface area contributed by atoms with Gasteiger partial charge in [-0.15, -0.1) is 11.3 Å². The smallest absolute Gasteiger partial charge is 0.273 e. The summed E-state index contributed by atoms with van der Waals surface area (Å²) >= 11 is 1.51. The van der Waals surface area contributed by atoms with E-state index in [0.29, 0.717) is 42.2 Å². The van der Waals surface area contributed by atoms with Crippen LogP contribution in [0.5, 0.6) is 17.4 Å². The molecule has 0 spiro atoms. The molecule has 0 aliphatic rings. The summed E-state index contributed by atoms with van der Waals surface area (Å²) in [5.41, 5.74) is 1.11. The second-order valence-electron chi connectivity index (χ2n) is 6.57. The van der Waals surface area contributed by atoms with Gasteiger partial charge in [0, 0.05) is 18.8 Å². The zero-order valence-corrected chi connectivity index (χ0v) is 17.9. The number of ether oxygens (including phenoxy) is 2. The highest BCUT2D eigenvalue weighted by Gasteiger charge is 2.18. The molecule has 31 heavy (non-hydrogen) atoms. The number of carbonyl (C=O) groups is 1. The Morgan fingerprint density at radius 2 is 1.97 bits per heavy atom. The number of benzene rings is 1. The van der Waals surface area contributed by atoms with Gasteiger partial charge in [0.2, 0.25) is 11.8 Å². The summed E-state index contributed by atoms with van der Waals surface area (Å²) in [5, 5.41) is 4.79. The van der Waals surface area contributed by atoms with Crippen molar-refractivity contribution in [2.75, 3.05) is 6.61 Å². The van der Waals surface area contributed by atoms with Crippen LogP contribution in [-0.4, -0.2) is 22.5 Å². The van der Waals surface area contributed by atoms with Gasteiger partial charge in [-0.25, -0.2) is 9.97 Å². The lowest BCUT2D eigenvalue weighted by atomic mass is 10.2. The van der Waals surface area contributed by atoms with Gasteiger partial charge < -0.3 is 19.2 Å². The maximum atomic E-state index is 12.5. The summed E-state index contributed by atoms with van der Waals surface area (Å²) in [4.78, 5) is 22.1. The van der Waals surface area contributed by atoms with E-state index in [4.69, 9.17) is 13.9 Å². The third-order valence-electron chi connectivity index (χ3n) is 4.36. The molecular weight excluding hydrogens is 414 g/mol. The van der Waals surface area contributed by atoms with Crippen molar-refractivity contribution in [2.24, 2.45) is 0 Å². The number of pyridine rings is 1. The molecule has 4 aromatic rings. The van der Waals surface area contributed by atoms with E-state index in [-0.39, 0.29) is 11.6 Å². The summed E-state index contributed by atoms with van der Waals surface area (Å²) in [6.07, 6.45) is 1.66. The molecule has 0 aliphatic heterocycles. The Labute approximate surface area is 183 Å². The molecule has 0 aliphatic carbocycles. The number of aromatic nitrogens is 2. The minimum absolute atomic E-state index is 0.281. The average molecular weight is 436 g/mol. The van der Waals surface area contributed by atoms with Crippen LogP contribution in [0.2, 0.25) is 0 Å². The number of hydrogen-bond donors (Lipinski definition) is 1. The van der Waals surface area contributed by atoms with Crippen molar-refractivity contribution in [1.29, 1.82) is 0 Å². The van der Waals surface area contributed by atoms with Gasteiger partial charge in [-0.2, -0.15) is 0 Å². The number of aryl methyl sites for hydroxylation is 1. The highest BCUT2D eigenvalue weighted by molar-refractivity contribution is 7.13. The Morgan fingerprint density at radius 3 is 2.68 bits per heavy atom. The molecular formula is C23H21N3O4S. The first-order valence-electron chi connectivity index (χ1n) is 9.78. The predicted octanol–water partition coefficient (Wildman–Crippen LogP) is 5.23. The molecule has 0 unspecified atom stereocenters. The molecule has 1 amide bonds. The van der Waals surface area contributed by atoms with Crippen LogP contribution in [0.4, 0.5) is 0 Å². The SMILES string of the molecule is CCOc1ccccc1Oc1ccc(CNC(=O)c2nc(-c3cccs3)oc2C)cn1. The molecule has 8 heteroatoms. The lowest BCUT2D eigenvalue weighted by Crippen LogP contribution is -2.23.